The standard InChI is InChI=1S/C28H29ClN6O2/c1-3-31-26(36)15-24-28-34-33-17(2)35(28)25-12-11-22(37-16-18-5-4-6-21(30)13-18)14-23(25)27(32-24)19-7-9-20(29)10-8-19/h4-14,17,24,33H,3,15-16,30H2,1-2H3,(H,31,36)/t17?,24-/m0/s1. The van der Waals surface area contributed by atoms with Gasteiger partial charge in [0.25, 0.3) is 0 Å². The first kappa shape index (κ1) is 24.6. The summed E-state index contributed by atoms with van der Waals surface area (Å²) in [6.45, 7) is 4.86. The Balaban J connectivity index is 1.59. The summed E-state index contributed by atoms with van der Waals surface area (Å²) in [5, 5.41) is 8.10. The molecule has 4 N–H and O–H groups in total. The fourth-order valence-electron chi connectivity index (χ4n) is 4.59. The van der Waals surface area contributed by atoms with Crippen molar-refractivity contribution in [3.8, 4) is 5.75 Å². The van der Waals surface area contributed by atoms with Crippen LogP contribution in [0, 0.1) is 0 Å². The molecule has 2 aliphatic heterocycles. The van der Waals surface area contributed by atoms with Crippen molar-refractivity contribution in [1.29, 1.82) is 0 Å². The predicted molar refractivity (Wildman–Crippen MR) is 148 cm³/mol. The Bertz CT molecular complexity index is 1370. The number of carbonyl (C=O) groups is 1. The van der Waals surface area contributed by atoms with Crippen molar-refractivity contribution >= 4 is 40.4 Å². The second-order valence-corrected chi connectivity index (χ2v) is 9.45. The molecule has 8 nitrogen and oxygen atoms in total. The first-order valence-electron chi connectivity index (χ1n) is 12.3. The second-order valence-electron chi connectivity index (χ2n) is 9.02. The number of benzene rings is 3. The Labute approximate surface area is 221 Å². The molecule has 0 bridgehead atoms. The number of rotatable bonds is 7. The topological polar surface area (TPSA) is 104 Å². The van der Waals surface area contributed by atoms with E-state index in [1.807, 2.05) is 80.6 Å². The van der Waals surface area contributed by atoms with Gasteiger partial charge in [-0.25, -0.2) is 0 Å². The highest BCUT2D eigenvalue weighted by atomic mass is 35.5. The van der Waals surface area contributed by atoms with Gasteiger partial charge in [0.1, 0.15) is 24.6 Å². The lowest BCUT2D eigenvalue weighted by molar-refractivity contribution is -0.121. The first-order valence-corrected chi connectivity index (χ1v) is 12.6. The van der Waals surface area contributed by atoms with Gasteiger partial charge in [0.2, 0.25) is 5.91 Å². The van der Waals surface area contributed by atoms with E-state index in [4.69, 9.17) is 27.1 Å². The van der Waals surface area contributed by atoms with E-state index in [-0.39, 0.29) is 18.5 Å². The van der Waals surface area contributed by atoms with Gasteiger partial charge in [0, 0.05) is 28.4 Å². The smallest absolute Gasteiger partial charge is 0.222 e. The van der Waals surface area contributed by atoms with Crippen molar-refractivity contribution < 1.29 is 9.53 Å². The number of anilines is 2. The third-order valence-corrected chi connectivity index (χ3v) is 6.54. The molecule has 37 heavy (non-hydrogen) atoms. The SMILES string of the molecule is CCNC(=O)C[C@@H]1N=C(c2ccc(Cl)cc2)c2cc(OCc3cccc(N)c3)ccc2N2C1=NNC2C. The van der Waals surface area contributed by atoms with Crippen molar-refractivity contribution in [2.24, 2.45) is 10.1 Å². The summed E-state index contributed by atoms with van der Waals surface area (Å²) < 4.78 is 6.16. The zero-order valence-corrected chi connectivity index (χ0v) is 21.5. The third-order valence-electron chi connectivity index (χ3n) is 6.29. The molecule has 3 aromatic carbocycles. The summed E-state index contributed by atoms with van der Waals surface area (Å²) in [5.74, 6) is 1.33. The molecule has 1 unspecified atom stereocenters. The fraction of sp³-hybridized carbons (Fsp3) is 0.250. The van der Waals surface area contributed by atoms with E-state index in [1.165, 1.54) is 0 Å². The number of hydrazone groups is 1. The van der Waals surface area contributed by atoms with Gasteiger partial charge in [-0.05, 0) is 61.9 Å². The van der Waals surface area contributed by atoms with Crippen LogP contribution < -0.4 is 26.1 Å². The minimum absolute atomic E-state index is 0.0778. The minimum atomic E-state index is -0.473. The van der Waals surface area contributed by atoms with E-state index < -0.39 is 6.04 Å². The van der Waals surface area contributed by atoms with E-state index in [1.54, 1.807) is 0 Å². The van der Waals surface area contributed by atoms with Crippen LogP contribution in [0.1, 0.15) is 37.0 Å². The number of fused-ring (bicyclic) bond motifs is 3. The maximum atomic E-state index is 12.6. The first-order chi connectivity index (χ1) is 17.9. The quantitative estimate of drug-likeness (QED) is 0.406. The maximum Gasteiger partial charge on any atom is 0.222 e. The number of hydrogen-bond donors (Lipinski definition) is 3. The van der Waals surface area contributed by atoms with Gasteiger partial charge in [0.15, 0.2) is 5.84 Å². The zero-order valence-electron chi connectivity index (χ0n) is 20.7. The van der Waals surface area contributed by atoms with Gasteiger partial charge in [-0.1, -0.05) is 35.9 Å². The van der Waals surface area contributed by atoms with E-state index in [0.29, 0.717) is 35.4 Å². The van der Waals surface area contributed by atoms with Crippen molar-refractivity contribution in [3.63, 3.8) is 0 Å². The van der Waals surface area contributed by atoms with Gasteiger partial charge in [-0.2, -0.15) is 5.10 Å². The van der Waals surface area contributed by atoms with Gasteiger partial charge in [-0.15, -0.1) is 0 Å². The number of amidine groups is 1. The van der Waals surface area contributed by atoms with Crippen molar-refractivity contribution in [2.75, 3.05) is 17.2 Å². The molecular formula is C28H29ClN6O2. The van der Waals surface area contributed by atoms with E-state index in [9.17, 15) is 4.79 Å². The molecule has 0 radical (unpaired) electrons. The highest BCUT2D eigenvalue weighted by Gasteiger charge is 2.37. The molecule has 0 aliphatic carbocycles. The van der Waals surface area contributed by atoms with Crippen molar-refractivity contribution in [2.45, 2.75) is 39.1 Å². The van der Waals surface area contributed by atoms with Crippen LogP contribution in [-0.2, 0) is 11.4 Å². The van der Waals surface area contributed by atoms with Crippen molar-refractivity contribution in [1.82, 2.24) is 10.7 Å². The lowest BCUT2D eigenvalue weighted by atomic mass is 9.99. The molecule has 2 heterocycles. The van der Waals surface area contributed by atoms with Gasteiger partial charge >= 0.3 is 0 Å². The Hall–Kier alpha value is -4.04. The highest BCUT2D eigenvalue weighted by Crippen LogP contribution is 2.35. The summed E-state index contributed by atoms with van der Waals surface area (Å²) in [7, 11) is 0. The molecule has 190 valence electrons. The van der Waals surface area contributed by atoms with Crippen LogP contribution in [-0.4, -0.2) is 36.2 Å². The van der Waals surface area contributed by atoms with Crippen LogP contribution >= 0.6 is 11.6 Å². The Morgan fingerprint density at radius 3 is 2.73 bits per heavy atom. The second kappa shape index (κ2) is 10.5. The fourth-order valence-corrected chi connectivity index (χ4v) is 4.72. The Morgan fingerprint density at radius 2 is 1.97 bits per heavy atom. The number of halogens is 1. The van der Waals surface area contributed by atoms with Crippen LogP contribution in [0.3, 0.4) is 0 Å². The van der Waals surface area contributed by atoms with Gasteiger partial charge in [0.05, 0.1) is 17.8 Å². The lowest BCUT2D eigenvalue weighted by Crippen LogP contribution is -2.43. The van der Waals surface area contributed by atoms with Crippen molar-refractivity contribution in [3.05, 3.63) is 88.4 Å². The van der Waals surface area contributed by atoms with Crippen LogP contribution in [0.4, 0.5) is 11.4 Å². The molecule has 3 aromatic rings. The molecule has 0 aromatic heterocycles. The summed E-state index contributed by atoms with van der Waals surface area (Å²) in [5.41, 5.74) is 14.2. The number of nitrogens with zero attached hydrogens (tertiary/aromatic N) is 3. The Morgan fingerprint density at radius 1 is 1.16 bits per heavy atom. The number of nitrogens with one attached hydrogen (secondary N) is 2. The summed E-state index contributed by atoms with van der Waals surface area (Å²) in [4.78, 5) is 19.9. The summed E-state index contributed by atoms with van der Waals surface area (Å²) in [6, 6.07) is 20.7. The molecule has 0 fully saturated rings. The van der Waals surface area contributed by atoms with Crippen LogP contribution in [0.15, 0.2) is 76.8 Å². The van der Waals surface area contributed by atoms with E-state index in [0.717, 1.165) is 28.1 Å². The van der Waals surface area contributed by atoms with Crippen LogP contribution in [0.2, 0.25) is 5.02 Å². The summed E-state index contributed by atoms with van der Waals surface area (Å²) >= 11 is 6.19. The molecular weight excluding hydrogens is 488 g/mol. The highest BCUT2D eigenvalue weighted by molar-refractivity contribution is 6.31. The number of aliphatic imine (C=N–C) groups is 1. The van der Waals surface area contributed by atoms with Crippen LogP contribution in [0.5, 0.6) is 5.75 Å². The molecule has 5 rings (SSSR count). The molecule has 2 atom stereocenters. The third kappa shape index (κ3) is 5.24. The van der Waals surface area contributed by atoms with Crippen LogP contribution in [0.25, 0.3) is 0 Å². The van der Waals surface area contributed by atoms with Gasteiger partial charge < -0.3 is 20.7 Å². The molecule has 0 saturated carbocycles. The minimum Gasteiger partial charge on any atom is -0.489 e. The summed E-state index contributed by atoms with van der Waals surface area (Å²) in [6.07, 6.45) is 0.0749. The molecule has 9 heteroatoms. The number of carbonyl (C=O) groups excluding carboxylic acids is 1. The number of nitrogen functional groups attached to an aromatic ring is 1. The average Bonchev–Trinajstić information content (AvgIpc) is 3.21. The Kier molecular flexibility index (Phi) is 7.01. The average molecular weight is 517 g/mol. The monoisotopic (exact) mass is 516 g/mol. The molecule has 2 aliphatic rings. The van der Waals surface area contributed by atoms with Gasteiger partial charge in [-0.3, -0.25) is 15.2 Å². The normalized spacial score (nSPS) is 18.1. The maximum absolute atomic E-state index is 12.6. The zero-order chi connectivity index (χ0) is 25.9. The number of nitrogens with two attached hydrogens (primary N) is 1. The number of amides is 1. The molecule has 0 spiro atoms. The largest absolute Gasteiger partial charge is 0.489 e. The molecule has 0 saturated heterocycles. The lowest BCUT2D eigenvalue weighted by Gasteiger charge is -2.27. The number of ether oxygens (including phenoxy) is 1. The number of hydrogen-bond acceptors (Lipinski definition) is 7. The van der Waals surface area contributed by atoms with E-state index in [2.05, 4.69) is 20.7 Å². The van der Waals surface area contributed by atoms with E-state index >= 15 is 0 Å². The molecule has 1 amide bonds. The predicted octanol–water partition coefficient (Wildman–Crippen LogP) is 4.32.